The van der Waals surface area contributed by atoms with E-state index < -0.39 is 30.2 Å². The maximum absolute atomic E-state index is 13.4. The number of carbonyl (C=O) groups is 1. The summed E-state index contributed by atoms with van der Waals surface area (Å²) in [5, 5.41) is 8.98. The van der Waals surface area contributed by atoms with Gasteiger partial charge in [-0.2, -0.15) is 8.78 Å². The standard InChI is InChI=1S/C12H8ClF3O3/c13-8-3-1-2-6-4-7(11(17)18)10(19-9(6)8)12(15,16)5-14/h1-4,10H,5H2,(H,17,18). The number of alkyl halides is 3. The molecule has 19 heavy (non-hydrogen) atoms. The summed E-state index contributed by atoms with van der Waals surface area (Å²) in [6.07, 6.45) is -1.19. The van der Waals surface area contributed by atoms with Gasteiger partial charge in [-0.05, 0) is 12.1 Å². The highest BCUT2D eigenvalue weighted by molar-refractivity contribution is 6.32. The minimum atomic E-state index is -3.94. The fraction of sp³-hybridized carbons (Fsp3) is 0.250. The highest BCUT2D eigenvalue weighted by Crippen LogP contribution is 2.40. The van der Waals surface area contributed by atoms with Crippen LogP contribution in [0.25, 0.3) is 6.08 Å². The number of rotatable bonds is 3. The van der Waals surface area contributed by atoms with Gasteiger partial charge in [0.25, 0.3) is 0 Å². The minimum absolute atomic E-state index is 0.0536. The van der Waals surface area contributed by atoms with Gasteiger partial charge in [0.2, 0.25) is 0 Å². The summed E-state index contributed by atoms with van der Waals surface area (Å²) in [5.41, 5.74) is -0.451. The molecule has 1 unspecified atom stereocenters. The molecular formula is C12H8ClF3O3. The van der Waals surface area contributed by atoms with Crippen LogP contribution in [0.1, 0.15) is 5.56 Å². The zero-order chi connectivity index (χ0) is 14.2. The third-order valence-electron chi connectivity index (χ3n) is 2.64. The summed E-state index contributed by atoms with van der Waals surface area (Å²) >= 11 is 5.79. The van der Waals surface area contributed by atoms with E-state index in [4.69, 9.17) is 21.4 Å². The van der Waals surface area contributed by atoms with Crippen molar-refractivity contribution in [3.63, 3.8) is 0 Å². The topological polar surface area (TPSA) is 46.5 Å². The molecular weight excluding hydrogens is 285 g/mol. The van der Waals surface area contributed by atoms with Crippen molar-refractivity contribution in [2.24, 2.45) is 0 Å². The Labute approximate surface area is 111 Å². The number of halogens is 4. The van der Waals surface area contributed by atoms with Crippen LogP contribution in [0.15, 0.2) is 23.8 Å². The van der Waals surface area contributed by atoms with E-state index in [1.165, 1.54) is 18.2 Å². The Bertz CT molecular complexity index is 557. The van der Waals surface area contributed by atoms with Crippen LogP contribution < -0.4 is 4.74 Å². The second kappa shape index (κ2) is 4.77. The number of fused-ring (bicyclic) bond motifs is 1. The number of hydrogen-bond acceptors (Lipinski definition) is 2. The Hall–Kier alpha value is -1.69. The monoisotopic (exact) mass is 292 g/mol. The van der Waals surface area contributed by atoms with Crippen molar-refractivity contribution in [2.45, 2.75) is 12.0 Å². The minimum Gasteiger partial charge on any atom is -0.478 e. The van der Waals surface area contributed by atoms with Gasteiger partial charge in [0.15, 0.2) is 12.8 Å². The van der Waals surface area contributed by atoms with E-state index in [-0.39, 0.29) is 16.3 Å². The molecule has 0 amide bonds. The van der Waals surface area contributed by atoms with Crippen LogP contribution in [0.5, 0.6) is 5.75 Å². The molecule has 0 fully saturated rings. The molecule has 0 aliphatic carbocycles. The van der Waals surface area contributed by atoms with Gasteiger partial charge in [-0.15, -0.1) is 0 Å². The van der Waals surface area contributed by atoms with Crippen molar-refractivity contribution >= 4 is 23.6 Å². The first-order valence-corrected chi connectivity index (χ1v) is 5.58. The van der Waals surface area contributed by atoms with E-state index in [1.54, 1.807) is 0 Å². The summed E-state index contributed by atoms with van der Waals surface area (Å²) in [6.45, 7) is -2.03. The molecule has 1 aliphatic rings. The molecule has 1 aliphatic heterocycles. The van der Waals surface area contributed by atoms with E-state index in [1.807, 2.05) is 0 Å². The van der Waals surface area contributed by atoms with Crippen molar-refractivity contribution in [1.29, 1.82) is 0 Å². The molecule has 1 N–H and O–H groups in total. The lowest BCUT2D eigenvalue weighted by atomic mass is 9.98. The van der Waals surface area contributed by atoms with Crippen molar-refractivity contribution in [3.05, 3.63) is 34.4 Å². The fourth-order valence-corrected chi connectivity index (χ4v) is 1.97. The van der Waals surface area contributed by atoms with Crippen LogP contribution in [-0.4, -0.2) is 29.8 Å². The molecule has 2 rings (SSSR count). The lowest BCUT2D eigenvalue weighted by Gasteiger charge is -2.30. The molecule has 0 spiro atoms. The van der Waals surface area contributed by atoms with E-state index in [0.717, 1.165) is 6.08 Å². The molecule has 7 heteroatoms. The third kappa shape index (κ3) is 2.40. The SMILES string of the molecule is O=C(O)C1=Cc2cccc(Cl)c2OC1C(F)(F)CF. The molecule has 1 atom stereocenters. The van der Waals surface area contributed by atoms with Gasteiger partial charge in [-0.25, -0.2) is 9.18 Å². The molecule has 0 saturated carbocycles. The molecule has 1 aromatic rings. The molecule has 0 aromatic heterocycles. The first-order valence-electron chi connectivity index (χ1n) is 5.20. The number of para-hydroxylation sites is 1. The highest BCUT2D eigenvalue weighted by atomic mass is 35.5. The van der Waals surface area contributed by atoms with E-state index >= 15 is 0 Å². The zero-order valence-corrected chi connectivity index (χ0v) is 10.1. The van der Waals surface area contributed by atoms with Gasteiger partial charge in [-0.1, -0.05) is 23.7 Å². The predicted molar refractivity (Wildman–Crippen MR) is 62.4 cm³/mol. The first kappa shape index (κ1) is 13.7. The first-order chi connectivity index (χ1) is 8.86. The molecule has 3 nitrogen and oxygen atoms in total. The molecule has 0 bridgehead atoms. The Morgan fingerprint density at radius 3 is 2.74 bits per heavy atom. The average molecular weight is 293 g/mol. The van der Waals surface area contributed by atoms with Crippen LogP contribution >= 0.6 is 11.6 Å². The number of carboxylic acid groups (broad SMARTS) is 1. The smallest absolute Gasteiger partial charge is 0.335 e. The molecule has 1 heterocycles. The lowest BCUT2D eigenvalue weighted by molar-refractivity contribution is -0.139. The third-order valence-corrected chi connectivity index (χ3v) is 2.93. The number of carboxylic acids is 1. The quantitative estimate of drug-likeness (QED) is 0.931. The number of hydrogen-bond donors (Lipinski definition) is 1. The van der Waals surface area contributed by atoms with Gasteiger partial charge in [0, 0.05) is 5.56 Å². The van der Waals surface area contributed by atoms with Gasteiger partial charge in [0.05, 0.1) is 10.6 Å². The van der Waals surface area contributed by atoms with Crippen LogP contribution in [0.3, 0.4) is 0 Å². The van der Waals surface area contributed by atoms with Crippen molar-refractivity contribution < 1.29 is 27.8 Å². The molecule has 102 valence electrons. The average Bonchev–Trinajstić information content (AvgIpc) is 2.37. The van der Waals surface area contributed by atoms with E-state index in [0.29, 0.717) is 0 Å². The molecule has 0 saturated heterocycles. The van der Waals surface area contributed by atoms with E-state index in [9.17, 15) is 18.0 Å². The fourth-order valence-electron chi connectivity index (χ4n) is 1.75. The second-order valence-electron chi connectivity index (χ2n) is 3.96. The Morgan fingerprint density at radius 2 is 2.16 bits per heavy atom. The maximum atomic E-state index is 13.4. The number of benzene rings is 1. The Kier molecular flexibility index (Phi) is 3.45. The van der Waals surface area contributed by atoms with Crippen molar-refractivity contribution in [1.82, 2.24) is 0 Å². The maximum Gasteiger partial charge on any atom is 0.335 e. The normalized spacial score (nSPS) is 18.3. The van der Waals surface area contributed by atoms with Crippen molar-refractivity contribution in [2.75, 3.05) is 6.67 Å². The summed E-state index contributed by atoms with van der Waals surface area (Å²) < 4.78 is 44.2. The van der Waals surface area contributed by atoms with Gasteiger partial charge in [0.1, 0.15) is 5.75 Å². The zero-order valence-electron chi connectivity index (χ0n) is 9.37. The van der Waals surface area contributed by atoms with Crippen LogP contribution in [0.4, 0.5) is 13.2 Å². The number of ether oxygens (including phenoxy) is 1. The van der Waals surface area contributed by atoms with Crippen LogP contribution in [0, 0.1) is 0 Å². The highest BCUT2D eigenvalue weighted by Gasteiger charge is 2.48. The van der Waals surface area contributed by atoms with Gasteiger partial charge < -0.3 is 9.84 Å². The molecule has 1 aromatic carbocycles. The summed E-state index contributed by atoms with van der Waals surface area (Å²) in [5.74, 6) is -5.61. The van der Waals surface area contributed by atoms with Gasteiger partial charge >= 0.3 is 11.9 Å². The van der Waals surface area contributed by atoms with Crippen LogP contribution in [-0.2, 0) is 4.79 Å². The Balaban J connectivity index is 2.55. The van der Waals surface area contributed by atoms with E-state index in [2.05, 4.69) is 0 Å². The van der Waals surface area contributed by atoms with Crippen LogP contribution in [0.2, 0.25) is 5.02 Å². The van der Waals surface area contributed by atoms with Gasteiger partial charge in [-0.3, -0.25) is 0 Å². The summed E-state index contributed by atoms with van der Waals surface area (Å²) in [6, 6.07) is 4.40. The Morgan fingerprint density at radius 1 is 1.47 bits per heavy atom. The second-order valence-corrected chi connectivity index (χ2v) is 4.36. The lowest BCUT2D eigenvalue weighted by Crippen LogP contribution is -2.44. The summed E-state index contributed by atoms with van der Waals surface area (Å²) in [4.78, 5) is 11.0. The molecule has 0 radical (unpaired) electrons. The summed E-state index contributed by atoms with van der Waals surface area (Å²) in [7, 11) is 0. The number of aliphatic carboxylic acids is 1. The van der Waals surface area contributed by atoms with Crippen molar-refractivity contribution in [3.8, 4) is 5.75 Å². The predicted octanol–water partition coefficient (Wildman–Crippen LogP) is 3.17. The largest absolute Gasteiger partial charge is 0.478 e.